The lowest BCUT2D eigenvalue weighted by atomic mass is 10.0. The van der Waals surface area contributed by atoms with Crippen molar-refractivity contribution < 1.29 is 5.11 Å². The van der Waals surface area contributed by atoms with Gasteiger partial charge in [-0.15, -0.1) is 0 Å². The lowest BCUT2D eigenvalue weighted by molar-refractivity contribution is 0.0736. The maximum absolute atomic E-state index is 9.28. The Kier molecular flexibility index (Phi) is 4.19. The number of nitrogen functional groups attached to an aromatic ring is 1. The Morgan fingerprint density at radius 3 is 2.56 bits per heavy atom. The molecule has 0 spiro atoms. The zero-order valence-corrected chi connectivity index (χ0v) is 10.8. The lowest BCUT2D eigenvalue weighted by Crippen LogP contribution is -2.43. The summed E-state index contributed by atoms with van der Waals surface area (Å²) in [7, 11) is 1.94. The molecule has 90 valence electrons. The fourth-order valence-electron chi connectivity index (χ4n) is 1.31. The molecule has 3 N–H and O–H groups in total. The lowest BCUT2D eigenvalue weighted by Gasteiger charge is -2.34. The number of nitrogens with two attached hydrogens (primary N) is 1. The van der Waals surface area contributed by atoms with Gasteiger partial charge in [-0.25, -0.2) is 0 Å². The molecule has 0 unspecified atom stereocenters. The SMILES string of the molecule is CN(Cc1c(N)cccc1Cl)C(C)(C)CO. The molecule has 0 fully saturated rings. The van der Waals surface area contributed by atoms with Crippen LogP contribution in [0.25, 0.3) is 0 Å². The molecule has 1 aromatic carbocycles. The highest BCUT2D eigenvalue weighted by Gasteiger charge is 2.23. The maximum Gasteiger partial charge on any atom is 0.0610 e. The molecule has 0 aliphatic heterocycles. The number of likely N-dealkylation sites (N-methyl/N-ethyl adjacent to an activating group) is 1. The molecule has 1 aromatic rings. The molecule has 0 saturated heterocycles. The van der Waals surface area contributed by atoms with Crippen molar-refractivity contribution in [1.82, 2.24) is 4.90 Å². The van der Waals surface area contributed by atoms with E-state index in [1.165, 1.54) is 0 Å². The fourth-order valence-corrected chi connectivity index (χ4v) is 1.56. The van der Waals surface area contributed by atoms with Gasteiger partial charge in [-0.1, -0.05) is 17.7 Å². The molecule has 0 radical (unpaired) electrons. The fraction of sp³-hybridized carbons (Fsp3) is 0.500. The third kappa shape index (κ3) is 2.88. The van der Waals surface area contributed by atoms with Gasteiger partial charge in [0, 0.05) is 28.4 Å². The van der Waals surface area contributed by atoms with Gasteiger partial charge in [-0.2, -0.15) is 0 Å². The van der Waals surface area contributed by atoms with Crippen LogP contribution in [-0.2, 0) is 6.54 Å². The number of rotatable bonds is 4. The highest BCUT2D eigenvalue weighted by Crippen LogP contribution is 2.25. The van der Waals surface area contributed by atoms with Crippen LogP contribution in [-0.4, -0.2) is 29.2 Å². The number of benzene rings is 1. The zero-order valence-electron chi connectivity index (χ0n) is 10.00. The van der Waals surface area contributed by atoms with Crippen molar-refractivity contribution in [3.8, 4) is 0 Å². The van der Waals surface area contributed by atoms with E-state index in [4.69, 9.17) is 17.3 Å². The molecule has 0 bridgehead atoms. The Bertz CT molecular complexity index is 346. The summed E-state index contributed by atoms with van der Waals surface area (Å²) in [5.41, 5.74) is 7.19. The molecule has 0 atom stereocenters. The van der Waals surface area contributed by atoms with E-state index in [1.54, 1.807) is 0 Å². The van der Waals surface area contributed by atoms with Gasteiger partial charge in [0.15, 0.2) is 0 Å². The molecule has 0 aliphatic carbocycles. The highest BCUT2D eigenvalue weighted by molar-refractivity contribution is 6.31. The summed E-state index contributed by atoms with van der Waals surface area (Å²) >= 11 is 6.10. The van der Waals surface area contributed by atoms with Crippen molar-refractivity contribution in [2.45, 2.75) is 25.9 Å². The molecular weight excluding hydrogens is 224 g/mol. The second-order valence-electron chi connectivity index (χ2n) is 4.63. The van der Waals surface area contributed by atoms with Crippen LogP contribution in [0.15, 0.2) is 18.2 Å². The van der Waals surface area contributed by atoms with Crippen molar-refractivity contribution >= 4 is 17.3 Å². The van der Waals surface area contributed by atoms with Crippen LogP contribution in [0.1, 0.15) is 19.4 Å². The number of anilines is 1. The number of aliphatic hydroxyl groups excluding tert-OH is 1. The quantitative estimate of drug-likeness (QED) is 0.796. The molecule has 0 aromatic heterocycles. The molecular formula is C12H19ClN2O. The molecule has 0 saturated carbocycles. The molecule has 3 nitrogen and oxygen atoms in total. The number of nitrogens with zero attached hydrogens (tertiary/aromatic N) is 1. The third-order valence-electron chi connectivity index (χ3n) is 2.97. The minimum absolute atomic E-state index is 0.0911. The van der Waals surface area contributed by atoms with Gasteiger partial charge in [0.05, 0.1) is 6.61 Å². The van der Waals surface area contributed by atoms with Gasteiger partial charge in [0.2, 0.25) is 0 Å². The molecule has 16 heavy (non-hydrogen) atoms. The molecule has 0 amide bonds. The van der Waals surface area contributed by atoms with Crippen molar-refractivity contribution in [3.05, 3.63) is 28.8 Å². The van der Waals surface area contributed by atoms with Crippen LogP contribution in [0.5, 0.6) is 0 Å². The van der Waals surface area contributed by atoms with E-state index in [2.05, 4.69) is 0 Å². The summed E-state index contributed by atoms with van der Waals surface area (Å²) in [4.78, 5) is 2.03. The van der Waals surface area contributed by atoms with Crippen LogP contribution in [0.3, 0.4) is 0 Å². The number of aliphatic hydroxyl groups is 1. The highest BCUT2D eigenvalue weighted by atomic mass is 35.5. The van der Waals surface area contributed by atoms with Gasteiger partial charge >= 0.3 is 0 Å². The van der Waals surface area contributed by atoms with E-state index >= 15 is 0 Å². The van der Waals surface area contributed by atoms with Crippen LogP contribution >= 0.6 is 11.6 Å². The van der Waals surface area contributed by atoms with Crippen LogP contribution in [0.4, 0.5) is 5.69 Å². The second-order valence-corrected chi connectivity index (χ2v) is 5.04. The van der Waals surface area contributed by atoms with E-state index in [0.29, 0.717) is 17.3 Å². The minimum atomic E-state index is -0.286. The first-order valence-electron chi connectivity index (χ1n) is 5.23. The predicted molar refractivity (Wildman–Crippen MR) is 68.5 cm³/mol. The topological polar surface area (TPSA) is 49.5 Å². The Morgan fingerprint density at radius 2 is 2.06 bits per heavy atom. The van der Waals surface area contributed by atoms with Gasteiger partial charge in [-0.3, -0.25) is 4.90 Å². The summed E-state index contributed by atoms with van der Waals surface area (Å²) in [5.74, 6) is 0. The molecule has 0 heterocycles. The van der Waals surface area contributed by atoms with E-state index < -0.39 is 0 Å². The predicted octanol–water partition coefficient (Wildman–Crippen LogP) is 2.12. The normalized spacial score (nSPS) is 12.1. The van der Waals surface area contributed by atoms with E-state index in [1.807, 2.05) is 44.0 Å². The van der Waals surface area contributed by atoms with E-state index in [9.17, 15) is 5.11 Å². The van der Waals surface area contributed by atoms with Crippen molar-refractivity contribution in [1.29, 1.82) is 0 Å². The number of halogens is 1. The summed E-state index contributed by atoms with van der Waals surface area (Å²) in [6.07, 6.45) is 0. The summed E-state index contributed by atoms with van der Waals surface area (Å²) in [6.45, 7) is 4.66. The Labute approximate surface area is 102 Å². The average molecular weight is 243 g/mol. The Balaban J connectivity index is 2.89. The summed E-state index contributed by atoms with van der Waals surface area (Å²) in [6, 6.07) is 5.49. The van der Waals surface area contributed by atoms with Crippen LogP contribution < -0.4 is 5.73 Å². The van der Waals surface area contributed by atoms with Crippen molar-refractivity contribution in [3.63, 3.8) is 0 Å². The van der Waals surface area contributed by atoms with E-state index in [0.717, 1.165) is 5.56 Å². The first kappa shape index (κ1) is 13.3. The van der Waals surface area contributed by atoms with Gasteiger partial charge < -0.3 is 10.8 Å². The van der Waals surface area contributed by atoms with Gasteiger partial charge in [-0.05, 0) is 33.0 Å². The summed E-state index contributed by atoms with van der Waals surface area (Å²) in [5, 5.41) is 9.94. The Hall–Kier alpha value is -0.770. The van der Waals surface area contributed by atoms with Gasteiger partial charge in [0.1, 0.15) is 0 Å². The smallest absolute Gasteiger partial charge is 0.0610 e. The van der Waals surface area contributed by atoms with E-state index in [-0.39, 0.29) is 12.1 Å². The number of hydrogen-bond acceptors (Lipinski definition) is 3. The molecule has 1 rings (SSSR count). The second kappa shape index (κ2) is 5.04. The summed E-state index contributed by atoms with van der Waals surface area (Å²) < 4.78 is 0. The largest absolute Gasteiger partial charge is 0.398 e. The monoisotopic (exact) mass is 242 g/mol. The van der Waals surface area contributed by atoms with Gasteiger partial charge in [0.25, 0.3) is 0 Å². The maximum atomic E-state index is 9.28. The van der Waals surface area contributed by atoms with Crippen molar-refractivity contribution in [2.75, 3.05) is 19.4 Å². The minimum Gasteiger partial charge on any atom is -0.398 e. The Morgan fingerprint density at radius 1 is 1.44 bits per heavy atom. The first-order chi connectivity index (χ1) is 7.38. The van der Waals surface area contributed by atoms with Crippen LogP contribution in [0.2, 0.25) is 5.02 Å². The molecule has 4 heteroatoms. The first-order valence-corrected chi connectivity index (χ1v) is 5.61. The standard InChI is InChI=1S/C12H19ClN2O/c1-12(2,8-16)15(3)7-9-10(13)5-4-6-11(9)14/h4-6,16H,7-8,14H2,1-3H3. The third-order valence-corrected chi connectivity index (χ3v) is 3.32. The average Bonchev–Trinajstić information content (AvgIpc) is 2.23. The molecule has 0 aliphatic rings. The number of hydrogen-bond donors (Lipinski definition) is 2. The van der Waals surface area contributed by atoms with Crippen molar-refractivity contribution in [2.24, 2.45) is 0 Å². The van der Waals surface area contributed by atoms with Crippen LogP contribution in [0, 0.1) is 0 Å². The zero-order chi connectivity index (χ0) is 12.3.